The molecule has 6 nitrogen and oxygen atoms in total. The maximum atomic E-state index is 12.4. The molecule has 0 radical (unpaired) electrons. The van der Waals surface area contributed by atoms with Crippen LogP contribution < -0.4 is 9.47 Å². The van der Waals surface area contributed by atoms with E-state index < -0.39 is 5.97 Å². The van der Waals surface area contributed by atoms with E-state index in [2.05, 4.69) is 0 Å². The molecule has 27 heavy (non-hydrogen) atoms. The van der Waals surface area contributed by atoms with Crippen molar-refractivity contribution in [1.29, 1.82) is 0 Å². The summed E-state index contributed by atoms with van der Waals surface area (Å²) >= 11 is 0. The van der Waals surface area contributed by atoms with Crippen LogP contribution in [0.3, 0.4) is 0 Å². The molecule has 0 aliphatic carbocycles. The quantitative estimate of drug-likeness (QED) is 0.702. The number of hydrogen-bond acceptors (Lipinski definition) is 5. The third-order valence-electron chi connectivity index (χ3n) is 4.37. The molecule has 0 fully saturated rings. The molecule has 0 unspecified atom stereocenters. The summed E-state index contributed by atoms with van der Waals surface area (Å²) in [6, 6.07) is 13.2. The predicted octanol–water partition coefficient (Wildman–Crippen LogP) is 2.86. The fourth-order valence-corrected chi connectivity index (χ4v) is 2.79. The van der Waals surface area contributed by atoms with E-state index in [-0.39, 0.29) is 25.7 Å². The Balaban J connectivity index is 1.50. The van der Waals surface area contributed by atoms with E-state index in [0.717, 1.165) is 16.7 Å². The average molecular weight is 369 g/mol. The Kier molecular flexibility index (Phi) is 5.96. The second-order valence-corrected chi connectivity index (χ2v) is 6.42. The van der Waals surface area contributed by atoms with Crippen LogP contribution in [0.2, 0.25) is 0 Å². The third kappa shape index (κ3) is 5.00. The molecule has 1 amide bonds. The van der Waals surface area contributed by atoms with Gasteiger partial charge in [-0.1, -0.05) is 35.9 Å². The zero-order chi connectivity index (χ0) is 19.2. The number of esters is 1. The minimum Gasteiger partial charge on any atom is -0.455 e. The molecule has 6 heteroatoms. The second-order valence-electron chi connectivity index (χ2n) is 6.42. The summed E-state index contributed by atoms with van der Waals surface area (Å²) < 4.78 is 15.8. The topological polar surface area (TPSA) is 65.1 Å². The number of carbonyl (C=O) groups is 2. The van der Waals surface area contributed by atoms with Crippen LogP contribution in [0.1, 0.15) is 23.6 Å². The minimum atomic E-state index is -0.411. The van der Waals surface area contributed by atoms with Crippen molar-refractivity contribution in [3.05, 3.63) is 59.2 Å². The molecule has 2 aromatic rings. The molecule has 0 saturated carbocycles. The van der Waals surface area contributed by atoms with E-state index in [1.54, 1.807) is 4.90 Å². The van der Waals surface area contributed by atoms with Crippen LogP contribution in [-0.2, 0) is 27.3 Å². The molecule has 2 aromatic carbocycles. The van der Waals surface area contributed by atoms with Gasteiger partial charge in [0.25, 0.3) is 5.91 Å². The molecule has 0 spiro atoms. The van der Waals surface area contributed by atoms with Crippen molar-refractivity contribution in [2.24, 2.45) is 0 Å². The number of benzene rings is 2. The van der Waals surface area contributed by atoms with Gasteiger partial charge < -0.3 is 19.1 Å². The lowest BCUT2D eigenvalue weighted by Crippen LogP contribution is -2.34. The van der Waals surface area contributed by atoms with E-state index in [0.29, 0.717) is 24.6 Å². The molecule has 0 bridgehead atoms. The van der Waals surface area contributed by atoms with Crippen molar-refractivity contribution < 1.29 is 23.8 Å². The highest BCUT2D eigenvalue weighted by molar-refractivity contribution is 5.81. The highest BCUT2D eigenvalue weighted by Crippen LogP contribution is 2.32. The number of rotatable bonds is 7. The van der Waals surface area contributed by atoms with Crippen LogP contribution in [0.15, 0.2) is 42.5 Å². The fourth-order valence-electron chi connectivity index (χ4n) is 2.79. The summed E-state index contributed by atoms with van der Waals surface area (Å²) in [6.45, 7) is 4.76. The first kappa shape index (κ1) is 18.8. The van der Waals surface area contributed by atoms with Crippen LogP contribution in [0.25, 0.3) is 0 Å². The van der Waals surface area contributed by atoms with Crippen molar-refractivity contribution in [3.8, 4) is 11.5 Å². The number of likely N-dealkylation sites (N-methyl/N-ethyl adjacent to an activating group) is 1. The van der Waals surface area contributed by atoms with Gasteiger partial charge >= 0.3 is 5.97 Å². The molecule has 1 heterocycles. The SMILES string of the molecule is CCN(Cc1ccc2c(c1)OCO2)C(=O)COC(=O)Cc1ccc(C)cc1. The van der Waals surface area contributed by atoms with Crippen molar-refractivity contribution in [1.82, 2.24) is 4.90 Å². The lowest BCUT2D eigenvalue weighted by atomic mass is 10.1. The zero-order valence-electron chi connectivity index (χ0n) is 15.6. The number of hydrogen-bond donors (Lipinski definition) is 0. The Bertz CT molecular complexity index is 816. The number of fused-ring (bicyclic) bond motifs is 1. The number of carbonyl (C=O) groups excluding carboxylic acids is 2. The van der Waals surface area contributed by atoms with Gasteiger partial charge in [-0.3, -0.25) is 9.59 Å². The highest BCUT2D eigenvalue weighted by atomic mass is 16.7. The van der Waals surface area contributed by atoms with Gasteiger partial charge in [0.2, 0.25) is 6.79 Å². The van der Waals surface area contributed by atoms with Gasteiger partial charge in [-0.05, 0) is 37.1 Å². The van der Waals surface area contributed by atoms with Gasteiger partial charge in [-0.2, -0.15) is 0 Å². The Hall–Kier alpha value is -3.02. The summed E-state index contributed by atoms with van der Waals surface area (Å²) in [6.07, 6.45) is 0.155. The minimum absolute atomic E-state index is 0.155. The van der Waals surface area contributed by atoms with E-state index >= 15 is 0 Å². The standard InChI is InChI=1S/C21H23NO5/c1-3-22(12-17-8-9-18-19(10-17)27-14-26-18)20(23)13-25-21(24)11-16-6-4-15(2)5-7-16/h4-10H,3,11-14H2,1-2H3. The highest BCUT2D eigenvalue weighted by Gasteiger charge is 2.18. The van der Waals surface area contributed by atoms with Crippen LogP contribution in [0.4, 0.5) is 0 Å². The first-order valence-corrected chi connectivity index (χ1v) is 8.92. The van der Waals surface area contributed by atoms with E-state index in [9.17, 15) is 9.59 Å². The predicted molar refractivity (Wildman–Crippen MR) is 99.5 cm³/mol. The second kappa shape index (κ2) is 8.58. The largest absolute Gasteiger partial charge is 0.455 e. The van der Waals surface area contributed by atoms with Crippen molar-refractivity contribution >= 4 is 11.9 Å². The van der Waals surface area contributed by atoms with Gasteiger partial charge in [0.1, 0.15) is 0 Å². The fraction of sp³-hybridized carbons (Fsp3) is 0.333. The number of amides is 1. The smallest absolute Gasteiger partial charge is 0.310 e. The number of aryl methyl sites for hydroxylation is 1. The molecular formula is C21H23NO5. The Morgan fingerprint density at radius 2 is 1.74 bits per heavy atom. The summed E-state index contributed by atoms with van der Waals surface area (Å²) in [7, 11) is 0. The van der Waals surface area contributed by atoms with E-state index in [4.69, 9.17) is 14.2 Å². The van der Waals surface area contributed by atoms with Gasteiger partial charge in [-0.25, -0.2) is 0 Å². The zero-order valence-corrected chi connectivity index (χ0v) is 15.6. The van der Waals surface area contributed by atoms with Gasteiger partial charge in [0, 0.05) is 13.1 Å². The summed E-state index contributed by atoms with van der Waals surface area (Å²) in [5, 5.41) is 0. The summed E-state index contributed by atoms with van der Waals surface area (Å²) in [5.74, 6) is 0.748. The van der Waals surface area contributed by atoms with Crippen LogP contribution in [0, 0.1) is 6.92 Å². The normalized spacial score (nSPS) is 11.9. The Morgan fingerprint density at radius 3 is 2.48 bits per heavy atom. The maximum Gasteiger partial charge on any atom is 0.310 e. The van der Waals surface area contributed by atoms with Crippen molar-refractivity contribution in [2.75, 3.05) is 19.9 Å². The molecule has 3 rings (SSSR count). The molecule has 0 saturated heterocycles. The Morgan fingerprint density at radius 1 is 1.04 bits per heavy atom. The van der Waals surface area contributed by atoms with Gasteiger partial charge in [0.05, 0.1) is 6.42 Å². The molecule has 1 aliphatic heterocycles. The van der Waals surface area contributed by atoms with Crippen LogP contribution in [0.5, 0.6) is 11.5 Å². The van der Waals surface area contributed by atoms with Crippen LogP contribution in [-0.4, -0.2) is 36.7 Å². The number of nitrogens with zero attached hydrogens (tertiary/aromatic N) is 1. The summed E-state index contributed by atoms with van der Waals surface area (Å²) in [5.41, 5.74) is 2.93. The first-order chi connectivity index (χ1) is 13.0. The monoisotopic (exact) mass is 369 g/mol. The van der Waals surface area contributed by atoms with Crippen molar-refractivity contribution in [3.63, 3.8) is 0 Å². The molecule has 0 aromatic heterocycles. The molecular weight excluding hydrogens is 346 g/mol. The first-order valence-electron chi connectivity index (χ1n) is 8.92. The third-order valence-corrected chi connectivity index (χ3v) is 4.37. The van der Waals surface area contributed by atoms with Crippen molar-refractivity contribution in [2.45, 2.75) is 26.8 Å². The molecule has 0 N–H and O–H groups in total. The lowest BCUT2D eigenvalue weighted by Gasteiger charge is -2.21. The number of ether oxygens (including phenoxy) is 3. The summed E-state index contributed by atoms with van der Waals surface area (Å²) in [4.78, 5) is 26.0. The molecule has 142 valence electrons. The Labute approximate surface area is 158 Å². The van der Waals surface area contributed by atoms with E-state index in [1.807, 2.05) is 56.3 Å². The van der Waals surface area contributed by atoms with E-state index in [1.165, 1.54) is 0 Å². The van der Waals surface area contributed by atoms with Gasteiger partial charge in [0.15, 0.2) is 18.1 Å². The maximum absolute atomic E-state index is 12.4. The van der Waals surface area contributed by atoms with Gasteiger partial charge in [-0.15, -0.1) is 0 Å². The lowest BCUT2D eigenvalue weighted by molar-refractivity contribution is -0.151. The van der Waals surface area contributed by atoms with Crippen LogP contribution >= 0.6 is 0 Å². The average Bonchev–Trinajstić information content (AvgIpc) is 3.14. The molecule has 0 atom stereocenters. The molecule has 1 aliphatic rings.